The summed E-state index contributed by atoms with van der Waals surface area (Å²) in [6, 6.07) is 0. The lowest BCUT2D eigenvalue weighted by molar-refractivity contribution is -0.0163. The first-order valence-electron chi connectivity index (χ1n) is 7.37. The van der Waals surface area contributed by atoms with Crippen molar-refractivity contribution in [1.82, 2.24) is 14.3 Å². The van der Waals surface area contributed by atoms with Crippen molar-refractivity contribution in [3.63, 3.8) is 0 Å². The van der Waals surface area contributed by atoms with Crippen LogP contribution < -0.4 is 5.32 Å². The van der Waals surface area contributed by atoms with Crippen molar-refractivity contribution in [1.29, 1.82) is 0 Å². The highest BCUT2D eigenvalue weighted by atomic mass is 32.1. The number of aliphatic hydroxyl groups is 1. The van der Waals surface area contributed by atoms with Crippen LogP contribution in [-0.4, -0.2) is 64.4 Å². The smallest absolute Gasteiger partial charge is 0.202 e. The van der Waals surface area contributed by atoms with Crippen LogP contribution in [0.2, 0.25) is 0 Å². The Bertz CT molecular complexity index is 450. The Morgan fingerprint density at radius 2 is 1.95 bits per heavy atom. The van der Waals surface area contributed by atoms with Gasteiger partial charge in [-0.05, 0) is 6.92 Å². The molecule has 0 bridgehead atoms. The average Bonchev–Trinajstić information content (AvgIpc) is 2.86. The Morgan fingerprint density at radius 3 is 2.52 bits per heavy atom. The number of anilines is 1. The highest BCUT2D eigenvalue weighted by Crippen LogP contribution is 2.23. The molecule has 1 aromatic rings. The van der Waals surface area contributed by atoms with Crippen molar-refractivity contribution in [2.45, 2.75) is 38.7 Å². The third kappa shape index (κ3) is 5.18. The monoisotopic (exact) mass is 314 g/mol. The average molecular weight is 314 g/mol. The van der Waals surface area contributed by atoms with E-state index in [4.69, 9.17) is 4.74 Å². The second kappa shape index (κ2) is 6.56. The van der Waals surface area contributed by atoms with Crippen molar-refractivity contribution in [3.05, 3.63) is 5.82 Å². The van der Waals surface area contributed by atoms with Crippen LogP contribution in [0.3, 0.4) is 0 Å². The van der Waals surface area contributed by atoms with Crippen molar-refractivity contribution < 1.29 is 9.84 Å². The lowest BCUT2D eigenvalue weighted by Crippen LogP contribution is -2.49. The van der Waals surface area contributed by atoms with Crippen LogP contribution in [0.15, 0.2) is 0 Å². The molecular weight excluding hydrogens is 288 g/mol. The van der Waals surface area contributed by atoms with E-state index in [-0.39, 0.29) is 5.41 Å². The minimum Gasteiger partial charge on any atom is -0.387 e. The first kappa shape index (κ1) is 16.6. The molecule has 1 fully saturated rings. The molecule has 1 atom stereocenters. The van der Waals surface area contributed by atoms with Crippen LogP contribution in [0.25, 0.3) is 0 Å². The van der Waals surface area contributed by atoms with E-state index in [2.05, 4.69) is 40.3 Å². The summed E-state index contributed by atoms with van der Waals surface area (Å²) >= 11 is 1.35. The van der Waals surface area contributed by atoms with Crippen LogP contribution in [-0.2, 0) is 10.2 Å². The second-order valence-corrected chi connectivity index (χ2v) is 7.66. The zero-order chi connectivity index (χ0) is 15.5. The largest absolute Gasteiger partial charge is 0.387 e. The number of β-amino-alcohol motifs (C(OH)–C–C–N with tert-alkyl or cyclic N) is 1. The molecule has 21 heavy (non-hydrogen) atoms. The quantitative estimate of drug-likeness (QED) is 0.854. The van der Waals surface area contributed by atoms with Gasteiger partial charge in [0.05, 0.1) is 18.8 Å². The van der Waals surface area contributed by atoms with Gasteiger partial charge in [-0.1, -0.05) is 20.8 Å². The van der Waals surface area contributed by atoms with E-state index in [0.29, 0.717) is 13.1 Å². The third-order valence-corrected chi connectivity index (χ3v) is 4.06. The lowest BCUT2D eigenvalue weighted by atomic mass is 9.96. The second-order valence-electron chi connectivity index (χ2n) is 6.91. The molecule has 1 aliphatic rings. The molecule has 1 unspecified atom stereocenters. The summed E-state index contributed by atoms with van der Waals surface area (Å²) in [7, 11) is 0. The van der Waals surface area contributed by atoms with Crippen LogP contribution in [0.4, 0.5) is 5.13 Å². The van der Waals surface area contributed by atoms with E-state index in [1.807, 2.05) is 6.92 Å². The van der Waals surface area contributed by atoms with Gasteiger partial charge in [-0.3, -0.25) is 4.90 Å². The predicted octanol–water partition coefficient (Wildman–Crippen LogP) is 1.33. The molecule has 1 saturated heterocycles. The molecule has 0 radical (unpaired) electrons. The minimum atomic E-state index is -0.801. The summed E-state index contributed by atoms with van der Waals surface area (Å²) in [4.78, 5) is 6.71. The maximum Gasteiger partial charge on any atom is 0.202 e. The first-order chi connectivity index (χ1) is 9.76. The highest BCUT2D eigenvalue weighted by Gasteiger charge is 2.26. The van der Waals surface area contributed by atoms with Gasteiger partial charge in [0.2, 0.25) is 5.13 Å². The fourth-order valence-electron chi connectivity index (χ4n) is 2.16. The molecule has 1 aliphatic heterocycles. The number of hydrogen-bond acceptors (Lipinski definition) is 7. The summed E-state index contributed by atoms with van der Waals surface area (Å²) in [6.07, 6.45) is 0. The van der Waals surface area contributed by atoms with Gasteiger partial charge < -0.3 is 15.2 Å². The molecule has 0 aliphatic carbocycles. The normalized spacial score (nSPS) is 20.2. The molecule has 2 N–H and O–H groups in total. The number of ether oxygens (including phenoxy) is 1. The van der Waals surface area contributed by atoms with Gasteiger partial charge in [-0.2, -0.15) is 4.37 Å². The van der Waals surface area contributed by atoms with Crippen molar-refractivity contribution in [2.75, 3.05) is 44.7 Å². The lowest BCUT2D eigenvalue weighted by Gasteiger charge is -2.33. The van der Waals surface area contributed by atoms with E-state index in [1.54, 1.807) is 0 Å². The van der Waals surface area contributed by atoms with Crippen molar-refractivity contribution >= 4 is 16.7 Å². The Hall–Kier alpha value is -0.760. The number of morpholine rings is 1. The molecule has 6 nitrogen and oxygen atoms in total. The molecule has 0 saturated carbocycles. The van der Waals surface area contributed by atoms with E-state index < -0.39 is 5.60 Å². The van der Waals surface area contributed by atoms with Gasteiger partial charge in [-0.25, -0.2) is 4.98 Å². The summed E-state index contributed by atoms with van der Waals surface area (Å²) in [5.74, 6) is 0.836. The fourth-order valence-corrected chi connectivity index (χ4v) is 2.91. The Morgan fingerprint density at radius 1 is 1.29 bits per heavy atom. The van der Waals surface area contributed by atoms with Crippen LogP contribution in [0, 0.1) is 0 Å². The number of aromatic nitrogens is 2. The van der Waals surface area contributed by atoms with Gasteiger partial charge in [0.25, 0.3) is 0 Å². The zero-order valence-electron chi connectivity index (χ0n) is 13.3. The van der Waals surface area contributed by atoms with Gasteiger partial charge in [0, 0.05) is 43.1 Å². The summed E-state index contributed by atoms with van der Waals surface area (Å²) in [6.45, 7) is 12.5. The maximum absolute atomic E-state index is 10.5. The van der Waals surface area contributed by atoms with Gasteiger partial charge in [0.1, 0.15) is 5.82 Å². The molecule has 7 heteroatoms. The van der Waals surface area contributed by atoms with Gasteiger partial charge >= 0.3 is 0 Å². The SMILES string of the molecule is CC(O)(CNc1nc(C(C)(C)C)ns1)CN1CCOCC1. The van der Waals surface area contributed by atoms with Crippen molar-refractivity contribution in [2.24, 2.45) is 0 Å². The first-order valence-corrected chi connectivity index (χ1v) is 8.14. The molecular formula is C14H26N4O2S. The van der Waals surface area contributed by atoms with Crippen LogP contribution >= 0.6 is 11.5 Å². The zero-order valence-corrected chi connectivity index (χ0v) is 14.2. The molecule has 0 aromatic carbocycles. The van der Waals surface area contributed by atoms with E-state index in [0.717, 1.165) is 37.3 Å². The summed E-state index contributed by atoms with van der Waals surface area (Å²) < 4.78 is 9.69. The number of nitrogens with zero attached hydrogens (tertiary/aromatic N) is 3. The highest BCUT2D eigenvalue weighted by molar-refractivity contribution is 7.09. The third-order valence-electron chi connectivity index (χ3n) is 3.39. The van der Waals surface area contributed by atoms with Gasteiger partial charge in [-0.15, -0.1) is 0 Å². The molecule has 1 aromatic heterocycles. The number of hydrogen-bond donors (Lipinski definition) is 2. The van der Waals surface area contributed by atoms with Crippen LogP contribution in [0.1, 0.15) is 33.5 Å². The predicted molar refractivity (Wildman–Crippen MR) is 85.0 cm³/mol. The molecule has 120 valence electrons. The van der Waals surface area contributed by atoms with E-state index in [1.165, 1.54) is 11.5 Å². The molecule has 0 amide bonds. The Balaban J connectivity index is 1.84. The maximum atomic E-state index is 10.5. The minimum absolute atomic E-state index is 0.0489. The Labute approximate surface area is 130 Å². The van der Waals surface area contributed by atoms with Gasteiger partial charge in [0.15, 0.2) is 0 Å². The summed E-state index contributed by atoms with van der Waals surface area (Å²) in [5.41, 5.74) is -0.850. The van der Waals surface area contributed by atoms with Crippen molar-refractivity contribution in [3.8, 4) is 0 Å². The summed E-state index contributed by atoms with van der Waals surface area (Å²) in [5, 5.41) is 14.5. The standard InChI is InChI=1S/C14H26N4O2S/c1-13(2,3)11-16-12(21-17-11)15-9-14(4,19)10-18-5-7-20-8-6-18/h19H,5-10H2,1-4H3,(H,15,16,17). The Kier molecular flexibility index (Phi) is 5.19. The fraction of sp³-hybridized carbons (Fsp3) is 0.857. The number of rotatable bonds is 5. The molecule has 0 spiro atoms. The molecule has 2 rings (SSSR count). The van der Waals surface area contributed by atoms with E-state index in [9.17, 15) is 5.11 Å². The number of nitrogens with one attached hydrogen (secondary N) is 1. The van der Waals surface area contributed by atoms with E-state index >= 15 is 0 Å². The van der Waals surface area contributed by atoms with Crippen LogP contribution in [0.5, 0.6) is 0 Å². The topological polar surface area (TPSA) is 70.5 Å². The molecule has 2 heterocycles.